The molecule has 0 radical (unpaired) electrons. The molecule has 1 aromatic heterocycles. The Balaban J connectivity index is 1.77. The van der Waals surface area contributed by atoms with Gasteiger partial charge in [-0.1, -0.05) is 12.1 Å². The van der Waals surface area contributed by atoms with Gasteiger partial charge in [-0.25, -0.2) is 9.42 Å². The number of ether oxygens (including phenoxy) is 1. The maximum atomic E-state index is 12.6. The smallest absolute Gasteiger partial charge is 0.337 e. The number of anilines is 2. The van der Waals surface area contributed by atoms with Crippen molar-refractivity contribution < 1.29 is 19.0 Å². The highest BCUT2D eigenvalue weighted by molar-refractivity contribution is 6.00. The van der Waals surface area contributed by atoms with E-state index in [-0.39, 0.29) is 5.78 Å². The Hall–Kier alpha value is -3.16. The number of allylic oxidation sites excluding steroid dienone is 1. The molecular formula is C17H16N4O4. The van der Waals surface area contributed by atoms with E-state index >= 15 is 0 Å². The molecule has 0 spiro atoms. The van der Waals surface area contributed by atoms with Crippen molar-refractivity contribution >= 4 is 23.4 Å². The Labute approximate surface area is 143 Å². The molecule has 2 N–H and O–H groups in total. The Bertz CT molecular complexity index is 869. The van der Waals surface area contributed by atoms with Crippen LogP contribution in [-0.4, -0.2) is 29.2 Å². The van der Waals surface area contributed by atoms with Crippen LogP contribution in [0.2, 0.25) is 0 Å². The Morgan fingerprint density at radius 3 is 2.72 bits per heavy atom. The van der Waals surface area contributed by atoms with Crippen LogP contribution >= 0.6 is 0 Å². The quantitative estimate of drug-likeness (QED) is 0.803. The van der Waals surface area contributed by atoms with E-state index in [0.29, 0.717) is 29.2 Å². The number of benzene rings is 1. The lowest BCUT2D eigenvalue weighted by molar-refractivity contribution is -0.116. The average Bonchev–Trinajstić information content (AvgIpc) is 3.00. The van der Waals surface area contributed by atoms with Gasteiger partial charge in [-0.2, -0.15) is 0 Å². The zero-order valence-electron chi connectivity index (χ0n) is 13.5. The lowest BCUT2D eigenvalue weighted by atomic mass is 9.86. The second kappa shape index (κ2) is 6.04. The molecule has 4 rings (SSSR count). The number of carbonyl (C=O) groups excluding carboxylic acids is 2. The van der Waals surface area contributed by atoms with Crippen LogP contribution in [-0.2, 0) is 9.53 Å². The number of ketones is 1. The van der Waals surface area contributed by atoms with Gasteiger partial charge in [0.1, 0.15) is 0 Å². The van der Waals surface area contributed by atoms with E-state index < -0.39 is 12.0 Å². The second-order valence-electron chi connectivity index (χ2n) is 5.95. The van der Waals surface area contributed by atoms with Crippen LogP contribution in [0, 0.1) is 0 Å². The average molecular weight is 340 g/mol. The van der Waals surface area contributed by atoms with Crippen molar-refractivity contribution in [1.29, 1.82) is 0 Å². The van der Waals surface area contributed by atoms with Crippen molar-refractivity contribution in [1.82, 2.24) is 10.3 Å². The first-order valence-electron chi connectivity index (χ1n) is 7.98. The molecular weight excluding hydrogens is 324 g/mol. The van der Waals surface area contributed by atoms with Gasteiger partial charge >= 0.3 is 5.97 Å². The first-order chi connectivity index (χ1) is 12.2. The maximum Gasteiger partial charge on any atom is 0.337 e. The fourth-order valence-electron chi connectivity index (χ4n) is 3.22. The maximum absolute atomic E-state index is 12.6. The van der Waals surface area contributed by atoms with Crippen LogP contribution < -0.4 is 10.6 Å². The molecule has 0 bridgehead atoms. The Morgan fingerprint density at radius 2 is 1.96 bits per heavy atom. The van der Waals surface area contributed by atoms with E-state index in [4.69, 9.17) is 9.37 Å². The van der Waals surface area contributed by atoms with E-state index in [1.54, 1.807) is 24.3 Å². The minimum atomic E-state index is -0.404. The molecule has 1 atom stereocenters. The van der Waals surface area contributed by atoms with Gasteiger partial charge in [0.05, 0.1) is 18.7 Å². The van der Waals surface area contributed by atoms with E-state index in [1.165, 1.54) is 7.11 Å². The van der Waals surface area contributed by atoms with E-state index in [9.17, 15) is 9.59 Å². The van der Waals surface area contributed by atoms with Crippen molar-refractivity contribution in [3.8, 4) is 0 Å². The van der Waals surface area contributed by atoms with Crippen LogP contribution in [0.3, 0.4) is 0 Å². The number of methoxy groups -OCH3 is 1. The molecule has 1 aliphatic heterocycles. The van der Waals surface area contributed by atoms with Gasteiger partial charge in [-0.3, -0.25) is 4.79 Å². The largest absolute Gasteiger partial charge is 0.465 e. The SMILES string of the molecule is COC(=O)c1ccc([C@H]2Nc3nonc3NC3=C2C(=O)CCC3)cc1. The molecule has 0 unspecified atom stereocenters. The van der Waals surface area contributed by atoms with Crippen molar-refractivity contribution in [3.05, 3.63) is 46.7 Å². The van der Waals surface area contributed by atoms with Crippen LogP contribution in [0.1, 0.15) is 41.2 Å². The summed E-state index contributed by atoms with van der Waals surface area (Å²) in [6.45, 7) is 0. The molecule has 128 valence electrons. The molecule has 2 aliphatic rings. The highest BCUT2D eigenvalue weighted by atomic mass is 16.6. The lowest BCUT2D eigenvalue weighted by Gasteiger charge is -2.25. The van der Waals surface area contributed by atoms with Crippen molar-refractivity contribution in [2.75, 3.05) is 17.7 Å². The van der Waals surface area contributed by atoms with Gasteiger partial charge < -0.3 is 15.4 Å². The van der Waals surface area contributed by atoms with E-state index in [0.717, 1.165) is 24.1 Å². The number of fused-ring (bicyclic) bond motifs is 1. The zero-order chi connectivity index (χ0) is 17.4. The normalized spacial score (nSPS) is 19.2. The van der Waals surface area contributed by atoms with Gasteiger partial charge in [0.2, 0.25) is 11.6 Å². The number of aromatic nitrogens is 2. The summed E-state index contributed by atoms with van der Waals surface area (Å²) < 4.78 is 9.51. The van der Waals surface area contributed by atoms with Crippen LogP contribution in [0.15, 0.2) is 40.2 Å². The Morgan fingerprint density at radius 1 is 1.20 bits per heavy atom. The summed E-state index contributed by atoms with van der Waals surface area (Å²) in [5, 5.41) is 14.1. The summed E-state index contributed by atoms with van der Waals surface area (Å²) in [6.07, 6.45) is 2.06. The van der Waals surface area contributed by atoms with Crippen LogP contribution in [0.4, 0.5) is 11.6 Å². The molecule has 0 amide bonds. The fraction of sp³-hybridized carbons (Fsp3) is 0.294. The predicted molar refractivity (Wildman–Crippen MR) is 87.9 cm³/mol. The van der Waals surface area contributed by atoms with Gasteiger partial charge in [0.15, 0.2) is 5.78 Å². The molecule has 8 nitrogen and oxygen atoms in total. The first-order valence-corrected chi connectivity index (χ1v) is 7.98. The van der Waals surface area contributed by atoms with Gasteiger partial charge in [0, 0.05) is 17.7 Å². The monoisotopic (exact) mass is 340 g/mol. The fourth-order valence-corrected chi connectivity index (χ4v) is 3.22. The highest BCUT2D eigenvalue weighted by Crippen LogP contribution is 2.39. The number of rotatable bonds is 2. The van der Waals surface area contributed by atoms with Crippen molar-refractivity contribution in [2.24, 2.45) is 0 Å². The summed E-state index contributed by atoms with van der Waals surface area (Å²) in [4.78, 5) is 24.2. The molecule has 2 aromatic rings. The lowest BCUT2D eigenvalue weighted by Crippen LogP contribution is -2.23. The summed E-state index contributed by atoms with van der Waals surface area (Å²) >= 11 is 0. The molecule has 2 heterocycles. The van der Waals surface area contributed by atoms with Gasteiger partial charge in [-0.05, 0) is 40.9 Å². The number of nitrogens with zero attached hydrogens (tertiary/aromatic N) is 2. The van der Waals surface area contributed by atoms with Crippen molar-refractivity contribution in [2.45, 2.75) is 25.3 Å². The minimum Gasteiger partial charge on any atom is -0.465 e. The summed E-state index contributed by atoms with van der Waals surface area (Å²) in [5.74, 6) is 0.601. The van der Waals surface area contributed by atoms with Crippen molar-refractivity contribution in [3.63, 3.8) is 0 Å². The molecule has 8 heteroatoms. The molecule has 1 aromatic carbocycles. The van der Waals surface area contributed by atoms with Crippen LogP contribution in [0.5, 0.6) is 0 Å². The highest BCUT2D eigenvalue weighted by Gasteiger charge is 2.33. The molecule has 1 aliphatic carbocycles. The third-order valence-corrected chi connectivity index (χ3v) is 4.45. The number of esters is 1. The summed E-state index contributed by atoms with van der Waals surface area (Å²) in [6, 6.07) is 6.56. The predicted octanol–water partition coefficient (Wildman–Crippen LogP) is 2.44. The number of hydrogen-bond acceptors (Lipinski definition) is 8. The molecule has 0 saturated heterocycles. The molecule has 0 fully saturated rings. The topological polar surface area (TPSA) is 106 Å². The summed E-state index contributed by atoms with van der Waals surface area (Å²) in [5.41, 5.74) is 2.80. The van der Waals surface area contributed by atoms with E-state index in [2.05, 4.69) is 20.9 Å². The van der Waals surface area contributed by atoms with E-state index in [1.807, 2.05) is 0 Å². The third-order valence-electron chi connectivity index (χ3n) is 4.45. The number of Topliss-reactive ketones (excluding diaryl/α,β-unsaturated/α-hetero) is 1. The number of carbonyl (C=O) groups is 2. The van der Waals surface area contributed by atoms with Gasteiger partial charge in [-0.15, -0.1) is 0 Å². The number of hydrogen-bond donors (Lipinski definition) is 2. The van der Waals surface area contributed by atoms with Crippen LogP contribution in [0.25, 0.3) is 0 Å². The molecule has 25 heavy (non-hydrogen) atoms. The molecule has 0 saturated carbocycles. The Kier molecular flexibility index (Phi) is 3.72. The first kappa shape index (κ1) is 15.4. The third kappa shape index (κ3) is 2.65. The standard InChI is InChI=1S/C17H16N4O4/c1-24-17(23)10-7-5-9(6-8-10)14-13-11(3-2-4-12(13)22)18-15-16(19-14)21-25-20-15/h5-8,14H,2-4H2,1H3,(H,18,20)(H,19,21)/t14-/m1/s1. The summed E-state index contributed by atoms with van der Waals surface area (Å²) in [7, 11) is 1.34. The zero-order valence-corrected chi connectivity index (χ0v) is 13.5. The number of nitrogens with one attached hydrogen (secondary N) is 2. The minimum absolute atomic E-state index is 0.0883. The second-order valence-corrected chi connectivity index (χ2v) is 5.95. The van der Waals surface area contributed by atoms with Gasteiger partial charge in [0.25, 0.3) is 0 Å².